The Hall–Kier alpha value is -1.97. The van der Waals surface area contributed by atoms with E-state index in [-0.39, 0.29) is 5.75 Å². The molecule has 72 valence electrons. The molecular formula is C10H11N3O. The molecule has 0 radical (unpaired) electrons. The maximum Gasteiger partial charge on any atom is 0.153 e. The lowest BCUT2D eigenvalue weighted by atomic mass is 10.1. The second-order valence-electron chi connectivity index (χ2n) is 3.15. The normalized spacial score (nSPS) is 10.4. The zero-order chi connectivity index (χ0) is 10.1. The Labute approximate surface area is 81.6 Å². The van der Waals surface area contributed by atoms with Crippen LogP contribution in [0.1, 0.15) is 0 Å². The molecule has 1 heterocycles. The van der Waals surface area contributed by atoms with Crippen LogP contribution in [0.15, 0.2) is 30.5 Å². The number of benzene rings is 1. The predicted molar refractivity (Wildman–Crippen MR) is 54.7 cm³/mol. The van der Waals surface area contributed by atoms with Crippen molar-refractivity contribution in [3.8, 4) is 16.9 Å². The molecule has 0 aliphatic heterocycles. The van der Waals surface area contributed by atoms with Gasteiger partial charge in [0.05, 0.1) is 0 Å². The smallest absolute Gasteiger partial charge is 0.153 e. The monoisotopic (exact) mass is 189 g/mol. The summed E-state index contributed by atoms with van der Waals surface area (Å²) in [5, 5.41) is 13.3. The summed E-state index contributed by atoms with van der Waals surface area (Å²) in [6.45, 7) is 0. The quantitative estimate of drug-likeness (QED) is 0.712. The second-order valence-corrected chi connectivity index (χ2v) is 3.15. The van der Waals surface area contributed by atoms with E-state index in [9.17, 15) is 5.11 Å². The maximum atomic E-state index is 9.30. The van der Waals surface area contributed by atoms with E-state index in [0.717, 1.165) is 11.1 Å². The van der Waals surface area contributed by atoms with Crippen molar-refractivity contribution in [1.82, 2.24) is 9.78 Å². The summed E-state index contributed by atoms with van der Waals surface area (Å²) < 4.78 is 1.65. The van der Waals surface area contributed by atoms with Gasteiger partial charge in [0.15, 0.2) is 5.82 Å². The van der Waals surface area contributed by atoms with Crippen molar-refractivity contribution in [1.29, 1.82) is 0 Å². The van der Waals surface area contributed by atoms with Crippen LogP contribution in [-0.2, 0) is 7.05 Å². The highest BCUT2D eigenvalue weighted by atomic mass is 16.3. The number of aromatic hydroxyl groups is 1. The van der Waals surface area contributed by atoms with Gasteiger partial charge in [-0.3, -0.25) is 4.68 Å². The highest BCUT2D eigenvalue weighted by Crippen LogP contribution is 2.26. The van der Waals surface area contributed by atoms with Gasteiger partial charge in [-0.1, -0.05) is 12.1 Å². The summed E-state index contributed by atoms with van der Waals surface area (Å²) in [7, 11) is 1.81. The lowest BCUT2D eigenvalue weighted by Crippen LogP contribution is -1.90. The number of hydrogen-bond acceptors (Lipinski definition) is 3. The van der Waals surface area contributed by atoms with Crippen LogP contribution in [0.25, 0.3) is 11.1 Å². The average molecular weight is 189 g/mol. The number of nitrogens with two attached hydrogens (primary N) is 1. The number of aromatic nitrogens is 2. The summed E-state index contributed by atoms with van der Waals surface area (Å²) in [5.41, 5.74) is 7.42. The van der Waals surface area contributed by atoms with Crippen molar-refractivity contribution in [3.05, 3.63) is 30.5 Å². The topological polar surface area (TPSA) is 64.1 Å². The van der Waals surface area contributed by atoms with Crippen LogP contribution in [0.3, 0.4) is 0 Å². The predicted octanol–water partition coefficient (Wildman–Crippen LogP) is 1.37. The van der Waals surface area contributed by atoms with Crippen LogP contribution in [-0.4, -0.2) is 14.9 Å². The number of phenolic OH excluding ortho intramolecular Hbond substituents is 1. The van der Waals surface area contributed by atoms with Crippen molar-refractivity contribution < 1.29 is 5.11 Å². The fourth-order valence-corrected chi connectivity index (χ4v) is 1.40. The number of rotatable bonds is 1. The van der Waals surface area contributed by atoms with Crippen molar-refractivity contribution in [2.45, 2.75) is 0 Å². The van der Waals surface area contributed by atoms with Gasteiger partial charge >= 0.3 is 0 Å². The third-order valence-corrected chi connectivity index (χ3v) is 2.01. The van der Waals surface area contributed by atoms with Gasteiger partial charge in [-0.25, -0.2) is 0 Å². The summed E-state index contributed by atoms with van der Waals surface area (Å²) in [6, 6.07) is 6.94. The lowest BCUT2D eigenvalue weighted by Gasteiger charge is -1.98. The van der Waals surface area contributed by atoms with Crippen molar-refractivity contribution in [2.75, 3.05) is 5.73 Å². The zero-order valence-corrected chi connectivity index (χ0v) is 7.81. The van der Waals surface area contributed by atoms with Crippen molar-refractivity contribution in [3.63, 3.8) is 0 Å². The Morgan fingerprint density at radius 1 is 1.43 bits per heavy atom. The standard InChI is InChI=1S/C10H11N3O/c1-13-6-9(10(11)12-13)7-3-2-4-8(14)5-7/h2-6,14H,1H3,(H2,11,12). The number of nitrogens with zero attached hydrogens (tertiary/aromatic N) is 2. The molecule has 1 aromatic heterocycles. The molecule has 2 aromatic rings. The van der Waals surface area contributed by atoms with E-state index in [1.54, 1.807) is 22.9 Å². The number of hydrogen-bond donors (Lipinski definition) is 2. The summed E-state index contributed by atoms with van der Waals surface area (Å²) >= 11 is 0. The van der Waals surface area contributed by atoms with Crippen molar-refractivity contribution in [2.24, 2.45) is 7.05 Å². The number of phenols is 1. The van der Waals surface area contributed by atoms with Crippen LogP contribution >= 0.6 is 0 Å². The highest BCUT2D eigenvalue weighted by molar-refractivity contribution is 5.73. The molecule has 0 aliphatic rings. The van der Waals surface area contributed by atoms with E-state index in [1.807, 2.05) is 19.3 Å². The molecule has 4 nitrogen and oxygen atoms in total. The number of anilines is 1. The second kappa shape index (κ2) is 3.06. The molecule has 0 aliphatic carbocycles. The maximum absolute atomic E-state index is 9.30. The van der Waals surface area contributed by atoms with E-state index >= 15 is 0 Å². The van der Waals surface area contributed by atoms with Crippen LogP contribution in [0, 0.1) is 0 Å². The molecule has 14 heavy (non-hydrogen) atoms. The van der Waals surface area contributed by atoms with Crippen LogP contribution in [0.5, 0.6) is 5.75 Å². The van der Waals surface area contributed by atoms with E-state index in [4.69, 9.17) is 5.73 Å². The fraction of sp³-hybridized carbons (Fsp3) is 0.100. The fourth-order valence-electron chi connectivity index (χ4n) is 1.40. The largest absolute Gasteiger partial charge is 0.508 e. The SMILES string of the molecule is Cn1cc(-c2cccc(O)c2)c(N)n1. The zero-order valence-electron chi connectivity index (χ0n) is 7.81. The third-order valence-electron chi connectivity index (χ3n) is 2.01. The van der Waals surface area contributed by atoms with Crippen LogP contribution in [0.4, 0.5) is 5.82 Å². The van der Waals surface area contributed by atoms with E-state index in [2.05, 4.69) is 5.10 Å². The first-order chi connectivity index (χ1) is 6.66. The molecular weight excluding hydrogens is 178 g/mol. The summed E-state index contributed by atoms with van der Waals surface area (Å²) in [4.78, 5) is 0. The van der Waals surface area contributed by atoms with Crippen LogP contribution in [0.2, 0.25) is 0 Å². The molecule has 2 rings (SSSR count). The van der Waals surface area contributed by atoms with Gasteiger partial charge in [0.1, 0.15) is 5.75 Å². The molecule has 0 saturated carbocycles. The Bertz CT molecular complexity index is 462. The van der Waals surface area contributed by atoms with E-state index < -0.39 is 0 Å². The minimum atomic E-state index is 0.228. The van der Waals surface area contributed by atoms with Gasteiger partial charge < -0.3 is 10.8 Å². The number of nitrogen functional groups attached to an aromatic ring is 1. The first-order valence-corrected chi connectivity index (χ1v) is 4.25. The van der Waals surface area contributed by atoms with Gasteiger partial charge in [0.2, 0.25) is 0 Å². The molecule has 0 saturated heterocycles. The van der Waals surface area contributed by atoms with Gasteiger partial charge in [-0.15, -0.1) is 0 Å². The van der Waals surface area contributed by atoms with Gasteiger partial charge in [0, 0.05) is 18.8 Å². The molecule has 0 amide bonds. The summed E-state index contributed by atoms with van der Waals surface area (Å²) in [6.07, 6.45) is 1.82. The number of aryl methyl sites for hydroxylation is 1. The minimum absolute atomic E-state index is 0.228. The van der Waals surface area contributed by atoms with E-state index in [1.165, 1.54) is 0 Å². The van der Waals surface area contributed by atoms with Crippen LogP contribution < -0.4 is 5.73 Å². The molecule has 0 bridgehead atoms. The Balaban J connectivity index is 2.54. The van der Waals surface area contributed by atoms with Gasteiger partial charge in [-0.05, 0) is 17.7 Å². The Morgan fingerprint density at radius 3 is 2.79 bits per heavy atom. The molecule has 0 fully saturated rings. The Kier molecular flexibility index (Phi) is 1.89. The first kappa shape index (κ1) is 8.62. The van der Waals surface area contributed by atoms with E-state index in [0.29, 0.717) is 5.82 Å². The average Bonchev–Trinajstić information content (AvgIpc) is 2.45. The molecule has 1 aromatic carbocycles. The molecule has 3 N–H and O–H groups in total. The minimum Gasteiger partial charge on any atom is -0.508 e. The van der Waals surface area contributed by atoms with Gasteiger partial charge in [0.25, 0.3) is 0 Å². The molecule has 0 unspecified atom stereocenters. The molecule has 0 spiro atoms. The Morgan fingerprint density at radius 2 is 2.21 bits per heavy atom. The lowest BCUT2D eigenvalue weighted by molar-refractivity contribution is 0.475. The highest BCUT2D eigenvalue weighted by Gasteiger charge is 2.06. The first-order valence-electron chi connectivity index (χ1n) is 4.25. The summed E-state index contributed by atoms with van der Waals surface area (Å²) in [5.74, 6) is 0.698. The van der Waals surface area contributed by atoms with Crippen molar-refractivity contribution >= 4 is 5.82 Å². The van der Waals surface area contributed by atoms with Gasteiger partial charge in [-0.2, -0.15) is 5.10 Å². The molecule has 0 atom stereocenters. The molecule has 4 heteroatoms. The third kappa shape index (κ3) is 1.42.